The van der Waals surface area contributed by atoms with Crippen LogP contribution in [-0.2, 0) is 22.6 Å². The van der Waals surface area contributed by atoms with Gasteiger partial charge >= 0.3 is 6.03 Å². The lowest BCUT2D eigenvalue weighted by Crippen LogP contribution is -2.42. The Bertz CT molecular complexity index is 1280. The summed E-state index contributed by atoms with van der Waals surface area (Å²) < 4.78 is 13.2. The van der Waals surface area contributed by atoms with E-state index >= 15 is 0 Å². The predicted molar refractivity (Wildman–Crippen MR) is 158 cm³/mol. The molecule has 0 spiro atoms. The summed E-state index contributed by atoms with van der Waals surface area (Å²) in [6.45, 7) is 4.80. The molecule has 2 saturated heterocycles. The van der Waals surface area contributed by atoms with Crippen LogP contribution in [0.5, 0.6) is 0 Å². The van der Waals surface area contributed by atoms with E-state index in [1.54, 1.807) is 0 Å². The number of benzene rings is 3. The first-order chi connectivity index (χ1) is 20.1. The molecule has 4 N–H and O–H groups in total. The molecule has 0 radical (unpaired) electrons. The number of rotatable bonds is 10. The van der Waals surface area contributed by atoms with Crippen molar-refractivity contribution in [3.8, 4) is 11.1 Å². The molecule has 5 rings (SSSR count). The standard InChI is InChI=1S/C33H41N3O5/c1-2-34-33(39)35-19-24-6-3-7-26(16-24)27-8-4-9-28(17-27)32-40-30(20-36-15-5-10-29(36)22-38)18-31(41-32)25-13-11-23(21-37)12-14-25/h3-4,6-9,11-14,16-17,29-32,37-38H,2,5,10,15,18-22H2,1H3,(H2,34,35,39)/t29-,30+,31-,32-/m0/s1. The topological polar surface area (TPSA) is 103 Å². The molecule has 3 aromatic carbocycles. The summed E-state index contributed by atoms with van der Waals surface area (Å²) in [6.07, 6.45) is 2.04. The predicted octanol–water partition coefficient (Wildman–Crippen LogP) is 4.67. The van der Waals surface area contributed by atoms with Gasteiger partial charge in [0.2, 0.25) is 0 Å². The van der Waals surface area contributed by atoms with Crippen LogP contribution < -0.4 is 10.6 Å². The minimum absolute atomic E-state index is 0.00760. The van der Waals surface area contributed by atoms with Crippen molar-refractivity contribution in [2.45, 2.75) is 63.9 Å². The van der Waals surface area contributed by atoms with Crippen LogP contribution in [0.4, 0.5) is 4.79 Å². The number of nitrogens with one attached hydrogen (secondary N) is 2. The van der Waals surface area contributed by atoms with Crippen molar-refractivity contribution in [3.05, 3.63) is 95.1 Å². The molecule has 2 aliphatic heterocycles. The summed E-state index contributed by atoms with van der Waals surface area (Å²) in [5.74, 6) is 0. The molecule has 2 fully saturated rings. The van der Waals surface area contributed by atoms with Gasteiger partial charge < -0.3 is 30.3 Å². The maximum absolute atomic E-state index is 11.8. The van der Waals surface area contributed by atoms with E-state index in [9.17, 15) is 15.0 Å². The summed E-state index contributed by atoms with van der Waals surface area (Å²) in [7, 11) is 0. The highest BCUT2D eigenvalue weighted by molar-refractivity contribution is 5.74. The van der Waals surface area contributed by atoms with E-state index in [1.165, 1.54) is 0 Å². The van der Waals surface area contributed by atoms with Crippen LogP contribution in [0.1, 0.15) is 60.8 Å². The number of carbonyl (C=O) groups is 1. The molecule has 2 heterocycles. The van der Waals surface area contributed by atoms with Gasteiger partial charge in [0, 0.05) is 37.7 Å². The van der Waals surface area contributed by atoms with E-state index in [4.69, 9.17) is 9.47 Å². The lowest BCUT2D eigenvalue weighted by molar-refractivity contribution is -0.253. The number of urea groups is 1. The van der Waals surface area contributed by atoms with Gasteiger partial charge in [-0.25, -0.2) is 4.79 Å². The smallest absolute Gasteiger partial charge is 0.315 e. The Kier molecular flexibility index (Phi) is 10.0. The summed E-state index contributed by atoms with van der Waals surface area (Å²) >= 11 is 0. The number of amides is 2. The minimum atomic E-state index is -0.547. The van der Waals surface area contributed by atoms with Crippen LogP contribution in [0.3, 0.4) is 0 Å². The van der Waals surface area contributed by atoms with Gasteiger partial charge in [0.15, 0.2) is 6.29 Å². The number of nitrogens with zero attached hydrogens (tertiary/aromatic N) is 1. The zero-order chi connectivity index (χ0) is 28.6. The second kappa shape index (κ2) is 14.1. The molecule has 0 unspecified atom stereocenters. The molecule has 8 heteroatoms. The van der Waals surface area contributed by atoms with Crippen molar-refractivity contribution in [1.82, 2.24) is 15.5 Å². The monoisotopic (exact) mass is 559 g/mol. The number of hydrogen-bond acceptors (Lipinski definition) is 6. The van der Waals surface area contributed by atoms with Gasteiger partial charge in [0.05, 0.1) is 25.4 Å². The van der Waals surface area contributed by atoms with Gasteiger partial charge in [-0.15, -0.1) is 0 Å². The van der Waals surface area contributed by atoms with Crippen LogP contribution in [0.25, 0.3) is 11.1 Å². The summed E-state index contributed by atoms with van der Waals surface area (Å²) in [4.78, 5) is 14.2. The largest absolute Gasteiger partial charge is 0.395 e. The molecule has 41 heavy (non-hydrogen) atoms. The fraction of sp³-hybridized carbons (Fsp3) is 0.424. The van der Waals surface area contributed by atoms with E-state index in [1.807, 2.05) is 55.5 Å². The zero-order valence-corrected chi connectivity index (χ0v) is 23.7. The molecule has 0 saturated carbocycles. The lowest BCUT2D eigenvalue weighted by atomic mass is 9.98. The SMILES string of the molecule is CCNC(=O)NCc1cccc(-c2cccc([C@H]3O[C@@H](CN4CCC[C@H]4CO)C[C@@H](c4ccc(CO)cc4)O3)c2)c1. The Morgan fingerprint density at radius 2 is 1.71 bits per heavy atom. The number of likely N-dealkylation sites (tertiary alicyclic amines) is 1. The molecule has 0 aromatic heterocycles. The number of hydrogen-bond donors (Lipinski definition) is 4. The molecule has 2 aliphatic rings. The number of ether oxygens (including phenoxy) is 2. The quantitative estimate of drug-likeness (QED) is 0.288. The molecule has 2 amide bonds. The molecule has 8 nitrogen and oxygen atoms in total. The van der Waals surface area contributed by atoms with Crippen molar-refractivity contribution in [1.29, 1.82) is 0 Å². The van der Waals surface area contributed by atoms with Crippen LogP contribution in [0, 0.1) is 0 Å². The van der Waals surface area contributed by atoms with E-state index in [2.05, 4.69) is 39.8 Å². The second-order valence-electron chi connectivity index (χ2n) is 10.9. The zero-order valence-electron chi connectivity index (χ0n) is 23.7. The molecule has 0 aliphatic carbocycles. The third-order valence-corrected chi connectivity index (χ3v) is 7.97. The molecule has 218 valence electrons. The van der Waals surface area contributed by atoms with Crippen molar-refractivity contribution in [3.63, 3.8) is 0 Å². The fourth-order valence-electron chi connectivity index (χ4n) is 5.77. The van der Waals surface area contributed by atoms with Crippen LogP contribution in [0.2, 0.25) is 0 Å². The maximum Gasteiger partial charge on any atom is 0.315 e. The number of aliphatic hydroxyl groups is 2. The lowest BCUT2D eigenvalue weighted by Gasteiger charge is -2.38. The van der Waals surface area contributed by atoms with Crippen LogP contribution in [0.15, 0.2) is 72.8 Å². The van der Waals surface area contributed by atoms with Gasteiger partial charge in [-0.05, 0) is 66.3 Å². The third-order valence-electron chi connectivity index (χ3n) is 7.97. The fourth-order valence-corrected chi connectivity index (χ4v) is 5.77. The Hall–Kier alpha value is -3.27. The van der Waals surface area contributed by atoms with Gasteiger partial charge in [0.1, 0.15) is 0 Å². The third kappa shape index (κ3) is 7.52. The number of carbonyl (C=O) groups excluding carboxylic acids is 1. The van der Waals surface area contributed by atoms with E-state index in [-0.39, 0.29) is 37.5 Å². The van der Waals surface area contributed by atoms with Crippen molar-refractivity contribution in [2.75, 3.05) is 26.2 Å². The Labute approximate surface area is 242 Å². The van der Waals surface area contributed by atoms with Gasteiger partial charge in [-0.1, -0.05) is 60.7 Å². The van der Waals surface area contributed by atoms with Gasteiger partial charge in [-0.3, -0.25) is 4.90 Å². The summed E-state index contributed by atoms with van der Waals surface area (Å²) in [5, 5.41) is 25.0. The van der Waals surface area contributed by atoms with Crippen molar-refractivity contribution >= 4 is 6.03 Å². The average Bonchev–Trinajstić information content (AvgIpc) is 3.47. The van der Waals surface area contributed by atoms with Crippen LogP contribution >= 0.6 is 0 Å². The molecular weight excluding hydrogens is 518 g/mol. The van der Waals surface area contributed by atoms with Crippen molar-refractivity contribution in [2.24, 2.45) is 0 Å². The summed E-state index contributed by atoms with van der Waals surface area (Å²) in [5.41, 5.74) is 5.97. The molecule has 0 bridgehead atoms. The Morgan fingerprint density at radius 1 is 0.927 bits per heavy atom. The van der Waals surface area contributed by atoms with E-state index in [0.29, 0.717) is 19.5 Å². The highest BCUT2D eigenvalue weighted by atomic mass is 16.7. The second-order valence-corrected chi connectivity index (χ2v) is 10.9. The Balaban J connectivity index is 1.36. The molecular formula is C33H41N3O5. The summed E-state index contributed by atoms with van der Waals surface area (Å²) in [6, 6.07) is 24.3. The first-order valence-electron chi connectivity index (χ1n) is 14.6. The average molecular weight is 560 g/mol. The normalized spacial score (nSPS) is 22.9. The minimum Gasteiger partial charge on any atom is -0.395 e. The van der Waals surface area contributed by atoms with Crippen molar-refractivity contribution < 1.29 is 24.5 Å². The first-order valence-corrected chi connectivity index (χ1v) is 14.6. The molecule has 4 atom stereocenters. The number of aliphatic hydroxyl groups excluding tert-OH is 2. The highest BCUT2D eigenvalue weighted by Gasteiger charge is 2.35. The first kappa shape index (κ1) is 29.2. The molecule has 3 aromatic rings. The van der Waals surface area contributed by atoms with Crippen LogP contribution in [-0.4, -0.2) is 59.5 Å². The van der Waals surface area contributed by atoms with E-state index < -0.39 is 6.29 Å². The highest BCUT2D eigenvalue weighted by Crippen LogP contribution is 2.39. The Morgan fingerprint density at radius 3 is 2.46 bits per heavy atom. The van der Waals surface area contributed by atoms with E-state index in [0.717, 1.165) is 59.3 Å². The maximum atomic E-state index is 11.8. The van der Waals surface area contributed by atoms with Gasteiger partial charge in [0.25, 0.3) is 0 Å². The van der Waals surface area contributed by atoms with Gasteiger partial charge in [-0.2, -0.15) is 0 Å².